The van der Waals surface area contributed by atoms with Gasteiger partial charge in [0.25, 0.3) is 5.91 Å². The van der Waals surface area contributed by atoms with E-state index in [1.165, 1.54) is 11.6 Å². The maximum absolute atomic E-state index is 12.0. The minimum Gasteiger partial charge on any atom is -0.454 e. The molecule has 5 nitrogen and oxygen atoms in total. The summed E-state index contributed by atoms with van der Waals surface area (Å²) in [5.41, 5.74) is 2.42. The number of hydrogen-bond acceptors (Lipinski definition) is 4. The molecule has 120 valence electrons. The highest BCUT2D eigenvalue weighted by atomic mass is 16.5. The summed E-state index contributed by atoms with van der Waals surface area (Å²) in [4.78, 5) is 23.8. The highest BCUT2D eigenvalue weighted by molar-refractivity contribution is 5.88. The Bertz CT molecular complexity index is 719. The average Bonchev–Trinajstić information content (AvgIpc) is 2.99. The maximum atomic E-state index is 12.0. The Morgan fingerprint density at radius 2 is 2.09 bits per heavy atom. The molecule has 0 saturated carbocycles. The first-order valence-corrected chi connectivity index (χ1v) is 7.74. The van der Waals surface area contributed by atoms with Crippen LogP contribution in [-0.4, -0.2) is 18.5 Å². The number of aryl methyl sites for hydroxylation is 2. The van der Waals surface area contributed by atoms with Gasteiger partial charge in [-0.2, -0.15) is 0 Å². The number of carbonyl (C=O) groups is 2. The third-order valence-electron chi connectivity index (χ3n) is 3.98. The molecule has 1 heterocycles. The Labute approximate surface area is 134 Å². The van der Waals surface area contributed by atoms with E-state index in [0.717, 1.165) is 24.8 Å². The number of carbonyl (C=O) groups excluding carboxylic acids is 2. The van der Waals surface area contributed by atoms with Crippen LogP contribution in [0.1, 0.15) is 46.3 Å². The van der Waals surface area contributed by atoms with Crippen molar-refractivity contribution in [1.29, 1.82) is 0 Å². The molecular formula is C18H19NO4. The molecule has 0 fully saturated rings. The first-order valence-electron chi connectivity index (χ1n) is 7.74. The van der Waals surface area contributed by atoms with Gasteiger partial charge in [0.1, 0.15) is 5.76 Å². The van der Waals surface area contributed by atoms with Gasteiger partial charge < -0.3 is 14.5 Å². The molecule has 1 amide bonds. The van der Waals surface area contributed by atoms with E-state index >= 15 is 0 Å². The zero-order valence-corrected chi connectivity index (χ0v) is 13.0. The van der Waals surface area contributed by atoms with E-state index in [-0.39, 0.29) is 24.3 Å². The molecule has 0 unspecified atom stereocenters. The fraction of sp³-hybridized carbons (Fsp3) is 0.333. The Hall–Kier alpha value is -2.56. The molecular weight excluding hydrogens is 294 g/mol. The molecule has 1 aromatic carbocycles. The molecule has 1 atom stereocenters. The molecule has 1 aromatic heterocycles. The van der Waals surface area contributed by atoms with Crippen molar-refractivity contribution >= 4 is 11.9 Å². The van der Waals surface area contributed by atoms with Crippen LogP contribution in [0, 0.1) is 6.92 Å². The number of hydrogen-bond donors (Lipinski definition) is 1. The minimum absolute atomic E-state index is 0.0167. The Morgan fingerprint density at radius 3 is 2.87 bits per heavy atom. The van der Waals surface area contributed by atoms with Gasteiger partial charge in [-0.25, -0.2) is 4.79 Å². The van der Waals surface area contributed by atoms with Crippen molar-refractivity contribution in [2.24, 2.45) is 0 Å². The summed E-state index contributed by atoms with van der Waals surface area (Å²) in [5.74, 6) is -0.195. The van der Waals surface area contributed by atoms with Crippen molar-refractivity contribution in [3.63, 3.8) is 0 Å². The van der Waals surface area contributed by atoms with Gasteiger partial charge in [-0.1, -0.05) is 24.3 Å². The first-order chi connectivity index (χ1) is 11.1. The molecule has 23 heavy (non-hydrogen) atoms. The fourth-order valence-corrected chi connectivity index (χ4v) is 2.89. The van der Waals surface area contributed by atoms with Crippen LogP contribution in [0.3, 0.4) is 0 Å². The van der Waals surface area contributed by atoms with Crippen LogP contribution in [-0.2, 0) is 16.0 Å². The SMILES string of the molecule is Cc1ccc(C(=O)OCC(=O)N[C@@H]2CCCc3ccccc32)o1. The van der Waals surface area contributed by atoms with Crippen LogP contribution in [0.2, 0.25) is 0 Å². The third kappa shape index (κ3) is 3.62. The monoisotopic (exact) mass is 313 g/mol. The lowest BCUT2D eigenvalue weighted by Crippen LogP contribution is -2.34. The molecule has 1 aliphatic carbocycles. The molecule has 1 aliphatic rings. The highest BCUT2D eigenvalue weighted by Gasteiger charge is 2.22. The van der Waals surface area contributed by atoms with E-state index < -0.39 is 5.97 Å². The Morgan fingerprint density at radius 1 is 1.26 bits per heavy atom. The first kappa shape index (κ1) is 15.3. The Balaban J connectivity index is 1.55. The number of benzene rings is 1. The van der Waals surface area contributed by atoms with Gasteiger partial charge in [-0.3, -0.25) is 4.79 Å². The average molecular weight is 313 g/mol. The fourth-order valence-electron chi connectivity index (χ4n) is 2.89. The second kappa shape index (κ2) is 6.69. The van der Waals surface area contributed by atoms with E-state index in [9.17, 15) is 9.59 Å². The maximum Gasteiger partial charge on any atom is 0.374 e. The zero-order chi connectivity index (χ0) is 16.2. The van der Waals surface area contributed by atoms with Crippen molar-refractivity contribution in [3.8, 4) is 0 Å². The van der Waals surface area contributed by atoms with E-state index in [4.69, 9.17) is 9.15 Å². The zero-order valence-electron chi connectivity index (χ0n) is 13.0. The highest BCUT2D eigenvalue weighted by Crippen LogP contribution is 2.29. The van der Waals surface area contributed by atoms with E-state index in [2.05, 4.69) is 11.4 Å². The number of rotatable bonds is 4. The van der Waals surface area contributed by atoms with Crippen molar-refractivity contribution in [2.75, 3.05) is 6.61 Å². The molecule has 0 spiro atoms. The van der Waals surface area contributed by atoms with E-state index in [1.54, 1.807) is 13.0 Å². The van der Waals surface area contributed by atoms with Crippen LogP contribution in [0.5, 0.6) is 0 Å². The van der Waals surface area contributed by atoms with Gasteiger partial charge in [0.15, 0.2) is 6.61 Å². The molecule has 5 heteroatoms. The van der Waals surface area contributed by atoms with Gasteiger partial charge >= 0.3 is 5.97 Å². The van der Waals surface area contributed by atoms with Gasteiger partial charge in [-0.15, -0.1) is 0 Å². The summed E-state index contributed by atoms with van der Waals surface area (Å²) in [6, 6.07) is 11.3. The summed E-state index contributed by atoms with van der Waals surface area (Å²) < 4.78 is 10.2. The summed E-state index contributed by atoms with van der Waals surface area (Å²) in [7, 11) is 0. The van der Waals surface area contributed by atoms with Crippen LogP contribution < -0.4 is 5.32 Å². The summed E-state index contributed by atoms with van der Waals surface area (Å²) in [5, 5.41) is 2.94. The molecule has 0 saturated heterocycles. The topological polar surface area (TPSA) is 68.5 Å². The number of furan rings is 1. The second-order valence-corrected chi connectivity index (χ2v) is 5.70. The molecule has 1 N–H and O–H groups in total. The lowest BCUT2D eigenvalue weighted by atomic mass is 9.88. The van der Waals surface area contributed by atoms with Crippen molar-refractivity contribution in [2.45, 2.75) is 32.2 Å². The number of nitrogens with one attached hydrogen (secondary N) is 1. The predicted octanol–water partition coefficient (Wildman–Crippen LogP) is 2.94. The largest absolute Gasteiger partial charge is 0.454 e. The van der Waals surface area contributed by atoms with Crippen molar-refractivity contribution in [3.05, 3.63) is 59.0 Å². The molecule has 0 bridgehead atoms. The van der Waals surface area contributed by atoms with Crippen molar-refractivity contribution < 1.29 is 18.7 Å². The number of ether oxygens (including phenoxy) is 1. The van der Waals surface area contributed by atoms with Crippen molar-refractivity contribution in [1.82, 2.24) is 5.32 Å². The molecule has 3 rings (SSSR count). The summed E-state index contributed by atoms with van der Waals surface area (Å²) in [6.45, 7) is 1.43. The quantitative estimate of drug-likeness (QED) is 0.881. The molecule has 2 aromatic rings. The summed E-state index contributed by atoms with van der Waals surface area (Å²) in [6.07, 6.45) is 2.97. The second-order valence-electron chi connectivity index (χ2n) is 5.70. The van der Waals surface area contributed by atoms with Gasteiger partial charge in [0.05, 0.1) is 6.04 Å². The van der Waals surface area contributed by atoms with Crippen LogP contribution in [0.4, 0.5) is 0 Å². The van der Waals surface area contributed by atoms with Gasteiger partial charge in [0, 0.05) is 0 Å². The lowest BCUT2D eigenvalue weighted by molar-refractivity contribution is -0.125. The van der Waals surface area contributed by atoms with Crippen LogP contribution in [0.25, 0.3) is 0 Å². The lowest BCUT2D eigenvalue weighted by Gasteiger charge is -2.26. The molecule has 0 radical (unpaired) electrons. The Kier molecular flexibility index (Phi) is 4.46. The predicted molar refractivity (Wildman–Crippen MR) is 84.0 cm³/mol. The normalized spacial score (nSPS) is 16.5. The minimum atomic E-state index is -0.628. The smallest absolute Gasteiger partial charge is 0.374 e. The van der Waals surface area contributed by atoms with Gasteiger partial charge in [-0.05, 0) is 49.4 Å². The number of fused-ring (bicyclic) bond motifs is 1. The molecule has 0 aliphatic heterocycles. The van der Waals surface area contributed by atoms with E-state index in [1.807, 2.05) is 18.2 Å². The third-order valence-corrected chi connectivity index (χ3v) is 3.98. The van der Waals surface area contributed by atoms with Crippen LogP contribution in [0.15, 0.2) is 40.8 Å². The van der Waals surface area contributed by atoms with Gasteiger partial charge in [0.2, 0.25) is 5.76 Å². The van der Waals surface area contributed by atoms with E-state index in [0.29, 0.717) is 5.76 Å². The standard InChI is InChI=1S/C18H19NO4/c1-12-9-10-16(23-12)18(21)22-11-17(20)19-15-8-4-6-13-5-2-3-7-14(13)15/h2-3,5,7,9-10,15H,4,6,8,11H2,1H3,(H,19,20)/t15-/m1/s1. The van der Waals surface area contributed by atoms with Crippen LogP contribution >= 0.6 is 0 Å². The number of amides is 1. The summed E-state index contributed by atoms with van der Waals surface area (Å²) >= 11 is 0. The number of esters is 1.